The van der Waals surface area contributed by atoms with E-state index in [0.717, 1.165) is 44.3 Å². The number of halogens is 2. The van der Waals surface area contributed by atoms with Crippen molar-refractivity contribution < 1.29 is 9.59 Å². The van der Waals surface area contributed by atoms with Crippen molar-refractivity contribution in [3.8, 4) is 0 Å². The number of carbonyl (C=O) groups is 2. The minimum absolute atomic E-state index is 0.0510. The lowest BCUT2D eigenvalue weighted by molar-refractivity contribution is -0.140. The van der Waals surface area contributed by atoms with Crippen LogP contribution in [0.5, 0.6) is 0 Å². The highest BCUT2D eigenvalue weighted by Gasteiger charge is 2.30. The quantitative estimate of drug-likeness (QED) is 0.718. The second-order valence-electron chi connectivity index (χ2n) is 6.96. The van der Waals surface area contributed by atoms with E-state index in [4.69, 9.17) is 23.2 Å². The van der Waals surface area contributed by atoms with Gasteiger partial charge >= 0.3 is 0 Å². The van der Waals surface area contributed by atoms with Crippen molar-refractivity contribution in [1.82, 2.24) is 9.80 Å². The lowest BCUT2D eigenvalue weighted by atomic mass is 9.94. The fourth-order valence-corrected chi connectivity index (χ4v) is 4.01. The van der Waals surface area contributed by atoms with Crippen LogP contribution in [0.4, 0.5) is 0 Å². The van der Waals surface area contributed by atoms with Crippen LogP contribution in [-0.2, 0) is 9.59 Å². The van der Waals surface area contributed by atoms with Crippen LogP contribution < -0.4 is 0 Å². The minimum Gasteiger partial charge on any atom is -0.342 e. The summed E-state index contributed by atoms with van der Waals surface area (Å²) in [6.07, 6.45) is 8.16. The second-order valence-corrected chi connectivity index (χ2v) is 7.75. The first-order valence-electron chi connectivity index (χ1n) is 9.26. The summed E-state index contributed by atoms with van der Waals surface area (Å²) in [6.45, 7) is 3.02. The average Bonchev–Trinajstić information content (AvgIpc) is 2.69. The summed E-state index contributed by atoms with van der Waals surface area (Å²) in [5.74, 6) is 0.284. The first kappa shape index (κ1) is 19.2. The number of hydrogen-bond donors (Lipinski definition) is 0. The molecule has 26 heavy (non-hydrogen) atoms. The van der Waals surface area contributed by atoms with Gasteiger partial charge in [0.1, 0.15) is 0 Å². The molecule has 0 bridgehead atoms. The molecular formula is C20H24Cl2N2O2. The Morgan fingerprint density at radius 1 is 0.962 bits per heavy atom. The predicted molar refractivity (Wildman–Crippen MR) is 105 cm³/mol. The highest BCUT2D eigenvalue weighted by Crippen LogP contribution is 2.27. The highest BCUT2D eigenvalue weighted by molar-refractivity contribution is 6.42. The fourth-order valence-electron chi connectivity index (χ4n) is 3.63. The molecule has 0 aliphatic carbocycles. The number of carbonyl (C=O) groups excluding carboxylic acids is 2. The van der Waals surface area contributed by atoms with Crippen molar-refractivity contribution in [1.29, 1.82) is 0 Å². The van der Waals surface area contributed by atoms with E-state index in [9.17, 15) is 9.59 Å². The van der Waals surface area contributed by atoms with Crippen LogP contribution in [0.3, 0.4) is 0 Å². The number of nitrogens with zero attached hydrogens (tertiary/aromatic N) is 2. The number of benzene rings is 1. The van der Waals surface area contributed by atoms with E-state index in [1.54, 1.807) is 23.1 Å². The predicted octanol–water partition coefficient (Wildman–Crippen LogP) is 4.26. The Morgan fingerprint density at radius 3 is 2.35 bits per heavy atom. The zero-order chi connectivity index (χ0) is 18.5. The summed E-state index contributed by atoms with van der Waals surface area (Å²) in [6, 6.07) is 5.34. The van der Waals surface area contributed by atoms with Gasteiger partial charge < -0.3 is 9.80 Å². The molecule has 0 atom stereocenters. The van der Waals surface area contributed by atoms with Gasteiger partial charge in [-0.25, -0.2) is 0 Å². The fraction of sp³-hybridized carbons (Fsp3) is 0.500. The first-order chi connectivity index (χ1) is 12.6. The second kappa shape index (κ2) is 8.92. The summed E-state index contributed by atoms with van der Waals surface area (Å²) in [5.41, 5.74) is 0.725. The lowest BCUT2D eigenvalue weighted by Gasteiger charge is -2.35. The SMILES string of the molecule is O=C(/C=C/c1cccc(Cl)c1Cl)N1CCC(C(=O)N2CCCCC2)CC1. The van der Waals surface area contributed by atoms with Crippen LogP contribution in [0.15, 0.2) is 24.3 Å². The van der Waals surface area contributed by atoms with Crippen LogP contribution >= 0.6 is 23.2 Å². The molecule has 1 aromatic rings. The summed E-state index contributed by atoms with van der Waals surface area (Å²) >= 11 is 12.1. The van der Waals surface area contributed by atoms with Crippen LogP contribution in [0.2, 0.25) is 10.0 Å². The van der Waals surface area contributed by atoms with E-state index in [1.165, 1.54) is 12.5 Å². The van der Waals surface area contributed by atoms with Crippen LogP contribution in [0, 0.1) is 5.92 Å². The van der Waals surface area contributed by atoms with E-state index < -0.39 is 0 Å². The minimum atomic E-state index is -0.0510. The van der Waals surface area contributed by atoms with E-state index in [1.807, 2.05) is 11.0 Å². The summed E-state index contributed by atoms with van der Waals surface area (Å²) in [7, 11) is 0. The number of rotatable bonds is 3. The Hall–Kier alpha value is -1.52. The zero-order valence-electron chi connectivity index (χ0n) is 14.8. The van der Waals surface area contributed by atoms with Gasteiger partial charge in [-0.2, -0.15) is 0 Å². The van der Waals surface area contributed by atoms with Gasteiger partial charge in [-0.1, -0.05) is 35.3 Å². The van der Waals surface area contributed by atoms with Gasteiger partial charge in [0.15, 0.2) is 0 Å². The third-order valence-electron chi connectivity index (χ3n) is 5.21. The molecule has 2 heterocycles. The molecule has 0 spiro atoms. The van der Waals surface area contributed by atoms with Gasteiger partial charge in [0, 0.05) is 38.2 Å². The molecule has 0 radical (unpaired) electrons. The van der Waals surface area contributed by atoms with Gasteiger partial charge in [0.05, 0.1) is 10.0 Å². The third kappa shape index (κ3) is 4.60. The average molecular weight is 395 g/mol. The zero-order valence-corrected chi connectivity index (χ0v) is 16.3. The molecule has 1 aromatic carbocycles. The van der Waals surface area contributed by atoms with E-state index in [0.29, 0.717) is 23.1 Å². The monoisotopic (exact) mass is 394 g/mol. The molecule has 2 amide bonds. The lowest BCUT2D eigenvalue weighted by Crippen LogP contribution is -2.45. The Bertz CT molecular complexity index is 691. The van der Waals surface area contributed by atoms with Crippen molar-refractivity contribution in [2.45, 2.75) is 32.1 Å². The maximum Gasteiger partial charge on any atom is 0.246 e. The van der Waals surface area contributed by atoms with Crippen molar-refractivity contribution in [2.75, 3.05) is 26.2 Å². The molecule has 4 nitrogen and oxygen atoms in total. The van der Waals surface area contributed by atoms with Crippen molar-refractivity contribution in [3.63, 3.8) is 0 Å². The number of likely N-dealkylation sites (tertiary alicyclic amines) is 2. The molecule has 2 aliphatic rings. The summed E-state index contributed by atoms with van der Waals surface area (Å²) in [4.78, 5) is 28.8. The van der Waals surface area contributed by atoms with Gasteiger partial charge in [-0.3, -0.25) is 9.59 Å². The molecule has 0 N–H and O–H groups in total. The number of hydrogen-bond acceptors (Lipinski definition) is 2. The molecule has 0 aromatic heterocycles. The Labute approximate surface area is 164 Å². The summed E-state index contributed by atoms with van der Waals surface area (Å²) in [5, 5.41) is 0.919. The van der Waals surface area contributed by atoms with Crippen molar-refractivity contribution in [2.24, 2.45) is 5.92 Å². The van der Waals surface area contributed by atoms with E-state index in [-0.39, 0.29) is 17.7 Å². The molecule has 3 rings (SSSR count). The molecule has 0 unspecified atom stereocenters. The van der Waals surface area contributed by atoms with Gasteiger partial charge in [0.25, 0.3) is 0 Å². The molecule has 2 fully saturated rings. The molecule has 2 aliphatic heterocycles. The largest absolute Gasteiger partial charge is 0.342 e. The normalized spacial score (nSPS) is 19.2. The smallest absolute Gasteiger partial charge is 0.246 e. The van der Waals surface area contributed by atoms with Gasteiger partial charge in [0.2, 0.25) is 11.8 Å². The molecule has 0 saturated carbocycles. The van der Waals surface area contributed by atoms with Crippen LogP contribution in [0.25, 0.3) is 6.08 Å². The standard InChI is InChI=1S/C20H24Cl2N2O2/c21-17-6-4-5-15(19(17)22)7-8-18(25)23-13-9-16(10-14-23)20(26)24-11-2-1-3-12-24/h4-8,16H,1-3,9-14H2/b8-7+. The summed E-state index contributed by atoms with van der Waals surface area (Å²) < 4.78 is 0. The number of piperidine rings is 2. The van der Waals surface area contributed by atoms with E-state index >= 15 is 0 Å². The maximum atomic E-state index is 12.6. The molecular weight excluding hydrogens is 371 g/mol. The number of amides is 2. The third-order valence-corrected chi connectivity index (χ3v) is 6.04. The van der Waals surface area contributed by atoms with Crippen LogP contribution in [0.1, 0.15) is 37.7 Å². The maximum absolute atomic E-state index is 12.6. The van der Waals surface area contributed by atoms with Crippen LogP contribution in [-0.4, -0.2) is 47.8 Å². The van der Waals surface area contributed by atoms with Crippen molar-refractivity contribution >= 4 is 41.1 Å². The van der Waals surface area contributed by atoms with Gasteiger partial charge in [-0.05, 0) is 49.8 Å². The molecule has 6 heteroatoms. The Morgan fingerprint density at radius 2 is 1.65 bits per heavy atom. The van der Waals surface area contributed by atoms with Gasteiger partial charge in [-0.15, -0.1) is 0 Å². The van der Waals surface area contributed by atoms with Crippen molar-refractivity contribution in [3.05, 3.63) is 39.9 Å². The highest BCUT2D eigenvalue weighted by atomic mass is 35.5. The molecule has 2 saturated heterocycles. The Balaban J connectivity index is 1.52. The first-order valence-corrected chi connectivity index (χ1v) is 10.0. The topological polar surface area (TPSA) is 40.6 Å². The Kier molecular flexibility index (Phi) is 6.60. The molecule has 140 valence electrons. The van der Waals surface area contributed by atoms with E-state index in [2.05, 4.69) is 0 Å².